The lowest BCUT2D eigenvalue weighted by Gasteiger charge is -2.12. The van der Waals surface area contributed by atoms with E-state index in [0.717, 1.165) is 6.07 Å². The zero-order valence-electron chi connectivity index (χ0n) is 11.4. The molecule has 0 bridgehead atoms. The van der Waals surface area contributed by atoms with Gasteiger partial charge in [-0.25, -0.2) is 19.4 Å². The Kier molecular flexibility index (Phi) is 5.79. The van der Waals surface area contributed by atoms with Crippen molar-refractivity contribution in [3.63, 3.8) is 0 Å². The Balaban J connectivity index is 2.60. The monoisotopic (exact) mass is 299 g/mol. The van der Waals surface area contributed by atoms with Gasteiger partial charge in [-0.05, 0) is 12.5 Å². The summed E-state index contributed by atoms with van der Waals surface area (Å²) in [5, 5.41) is 28.1. The Labute approximate surface area is 120 Å². The normalized spacial score (nSPS) is 11.7. The Morgan fingerprint density at radius 1 is 1.19 bits per heavy atom. The summed E-state index contributed by atoms with van der Waals surface area (Å²) >= 11 is 0. The van der Waals surface area contributed by atoms with E-state index in [4.69, 9.17) is 5.73 Å². The number of hydrogen-bond acceptors (Lipinski definition) is 8. The molecule has 0 saturated carbocycles. The molecule has 0 aliphatic rings. The second-order valence-electron chi connectivity index (χ2n) is 4.36. The number of hydrogen-bond donors (Lipinski definition) is 4. The van der Waals surface area contributed by atoms with Crippen LogP contribution in [0.4, 0.5) is 0 Å². The Bertz CT molecular complexity index is 529. The van der Waals surface area contributed by atoms with Gasteiger partial charge < -0.3 is 21.1 Å². The molecule has 1 rings (SSSR count). The molecule has 0 fully saturated rings. The SMILES string of the molecule is CCCC(=O)OOC(=O)C(N)Cc1ccc(O)c(O)c1O. The third-order valence-corrected chi connectivity index (χ3v) is 2.63. The standard InChI is InChI=1S/C13H17NO7/c1-2-3-10(16)20-21-13(19)8(14)6-7-4-5-9(15)12(18)11(7)17/h4-5,8,15,17-18H,2-3,6,14H2,1H3. The van der Waals surface area contributed by atoms with Gasteiger partial charge in [-0.2, -0.15) is 0 Å². The minimum Gasteiger partial charge on any atom is -0.504 e. The summed E-state index contributed by atoms with van der Waals surface area (Å²) in [6.45, 7) is 1.76. The van der Waals surface area contributed by atoms with Gasteiger partial charge in [0.15, 0.2) is 11.5 Å². The van der Waals surface area contributed by atoms with E-state index < -0.39 is 35.2 Å². The van der Waals surface area contributed by atoms with Crippen molar-refractivity contribution in [3.8, 4) is 17.2 Å². The maximum Gasteiger partial charge on any atom is 0.372 e. The van der Waals surface area contributed by atoms with Crippen molar-refractivity contribution < 1.29 is 34.7 Å². The number of nitrogens with two attached hydrogens (primary N) is 1. The number of phenolic OH excluding ortho intramolecular Hbond substituents is 3. The molecule has 0 aliphatic carbocycles. The number of aromatic hydroxyl groups is 3. The van der Waals surface area contributed by atoms with Gasteiger partial charge in [-0.15, -0.1) is 0 Å². The van der Waals surface area contributed by atoms with Crippen LogP contribution in [0.25, 0.3) is 0 Å². The number of carbonyl (C=O) groups excluding carboxylic acids is 2. The van der Waals surface area contributed by atoms with E-state index in [1.54, 1.807) is 6.92 Å². The molecule has 1 aromatic rings. The van der Waals surface area contributed by atoms with Crippen molar-refractivity contribution in [2.75, 3.05) is 0 Å². The minimum atomic E-state index is -1.21. The predicted molar refractivity (Wildman–Crippen MR) is 70.2 cm³/mol. The molecule has 116 valence electrons. The lowest BCUT2D eigenvalue weighted by molar-refractivity contribution is -0.260. The third-order valence-electron chi connectivity index (χ3n) is 2.63. The fourth-order valence-electron chi connectivity index (χ4n) is 1.49. The van der Waals surface area contributed by atoms with Crippen LogP contribution in [0.15, 0.2) is 12.1 Å². The molecule has 8 nitrogen and oxygen atoms in total. The van der Waals surface area contributed by atoms with Crippen molar-refractivity contribution in [2.45, 2.75) is 32.2 Å². The van der Waals surface area contributed by atoms with Crippen LogP contribution in [-0.4, -0.2) is 33.3 Å². The molecule has 0 aliphatic heterocycles. The van der Waals surface area contributed by atoms with Gasteiger partial charge in [-0.3, -0.25) is 0 Å². The van der Waals surface area contributed by atoms with Gasteiger partial charge >= 0.3 is 11.9 Å². The fraction of sp³-hybridized carbons (Fsp3) is 0.385. The molecule has 0 saturated heterocycles. The minimum absolute atomic E-state index is 0.106. The molecule has 1 unspecified atom stereocenters. The molecule has 0 heterocycles. The first-order chi connectivity index (χ1) is 9.86. The molecular formula is C13H17NO7. The molecule has 1 atom stereocenters. The molecule has 8 heteroatoms. The summed E-state index contributed by atoms with van der Waals surface area (Å²) in [5.74, 6) is -3.47. The highest BCUT2D eigenvalue weighted by Gasteiger charge is 2.22. The van der Waals surface area contributed by atoms with Gasteiger partial charge in [0.2, 0.25) is 5.75 Å². The highest BCUT2D eigenvalue weighted by atomic mass is 17.2. The van der Waals surface area contributed by atoms with Crippen LogP contribution >= 0.6 is 0 Å². The van der Waals surface area contributed by atoms with Crippen LogP contribution in [0, 0.1) is 0 Å². The fourth-order valence-corrected chi connectivity index (χ4v) is 1.49. The van der Waals surface area contributed by atoms with Crippen molar-refractivity contribution in [3.05, 3.63) is 17.7 Å². The number of carbonyl (C=O) groups is 2. The predicted octanol–water partition coefficient (Wildman–Crippen LogP) is 0.475. The zero-order chi connectivity index (χ0) is 16.0. The molecule has 0 aromatic heterocycles. The van der Waals surface area contributed by atoms with Crippen LogP contribution in [0.3, 0.4) is 0 Å². The third kappa shape index (κ3) is 4.53. The van der Waals surface area contributed by atoms with E-state index in [1.807, 2.05) is 0 Å². The average molecular weight is 299 g/mol. The number of phenols is 3. The number of benzene rings is 1. The second-order valence-corrected chi connectivity index (χ2v) is 4.36. The van der Waals surface area contributed by atoms with Gasteiger partial charge in [0.25, 0.3) is 0 Å². The molecular weight excluding hydrogens is 282 g/mol. The molecule has 1 aromatic carbocycles. The van der Waals surface area contributed by atoms with Crippen molar-refractivity contribution >= 4 is 11.9 Å². The summed E-state index contributed by atoms with van der Waals surface area (Å²) in [6.07, 6.45) is 0.474. The Morgan fingerprint density at radius 2 is 1.86 bits per heavy atom. The van der Waals surface area contributed by atoms with Gasteiger partial charge in [-0.1, -0.05) is 13.0 Å². The average Bonchev–Trinajstić information content (AvgIpc) is 2.45. The van der Waals surface area contributed by atoms with Gasteiger partial charge in [0, 0.05) is 18.4 Å². The highest BCUT2D eigenvalue weighted by Crippen LogP contribution is 2.37. The summed E-state index contributed by atoms with van der Waals surface area (Å²) in [4.78, 5) is 31.1. The summed E-state index contributed by atoms with van der Waals surface area (Å²) in [7, 11) is 0. The smallest absolute Gasteiger partial charge is 0.372 e. The van der Waals surface area contributed by atoms with Crippen LogP contribution in [0.1, 0.15) is 25.3 Å². The molecule has 0 amide bonds. The van der Waals surface area contributed by atoms with E-state index in [1.165, 1.54) is 6.07 Å². The van der Waals surface area contributed by atoms with E-state index in [0.29, 0.717) is 6.42 Å². The summed E-state index contributed by atoms with van der Waals surface area (Å²) < 4.78 is 0. The van der Waals surface area contributed by atoms with Crippen molar-refractivity contribution in [1.82, 2.24) is 0 Å². The molecule has 5 N–H and O–H groups in total. The number of rotatable bonds is 5. The quantitative estimate of drug-likeness (QED) is 0.349. The Morgan fingerprint density at radius 3 is 2.48 bits per heavy atom. The van der Waals surface area contributed by atoms with Crippen molar-refractivity contribution in [2.24, 2.45) is 5.73 Å². The highest BCUT2D eigenvalue weighted by molar-refractivity contribution is 5.77. The first-order valence-corrected chi connectivity index (χ1v) is 6.26. The molecule has 21 heavy (non-hydrogen) atoms. The largest absolute Gasteiger partial charge is 0.504 e. The van der Waals surface area contributed by atoms with Gasteiger partial charge in [0.05, 0.1) is 0 Å². The zero-order valence-corrected chi connectivity index (χ0v) is 11.4. The molecule has 0 radical (unpaired) electrons. The van der Waals surface area contributed by atoms with Gasteiger partial charge in [0.1, 0.15) is 6.04 Å². The maximum atomic E-state index is 11.5. The summed E-state index contributed by atoms with van der Waals surface area (Å²) in [6, 6.07) is 1.22. The van der Waals surface area contributed by atoms with Crippen LogP contribution < -0.4 is 5.73 Å². The van der Waals surface area contributed by atoms with E-state index >= 15 is 0 Å². The lowest BCUT2D eigenvalue weighted by Crippen LogP contribution is -2.34. The van der Waals surface area contributed by atoms with E-state index in [-0.39, 0.29) is 18.4 Å². The van der Waals surface area contributed by atoms with Crippen LogP contribution in [0.2, 0.25) is 0 Å². The van der Waals surface area contributed by atoms with Crippen LogP contribution in [-0.2, 0) is 25.8 Å². The van der Waals surface area contributed by atoms with E-state index in [2.05, 4.69) is 9.78 Å². The first kappa shape index (κ1) is 16.6. The van der Waals surface area contributed by atoms with Crippen molar-refractivity contribution in [1.29, 1.82) is 0 Å². The second kappa shape index (κ2) is 7.34. The maximum absolute atomic E-state index is 11.5. The summed E-state index contributed by atoms with van der Waals surface area (Å²) in [5.41, 5.74) is 5.68. The Hall–Kier alpha value is -2.48. The topological polar surface area (TPSA) is 139 Å². The molecule has 0 spiro atoms. The van der Waals surface area contributed by atoms with E-state index in [9.17, 15) is 24.9 Å². The van der Waals surface area contributed by atoms with Crippen LogP contribution in [0.5, 0.6) is 17.2 Å². The first-order valence-electron chi connectivity index (χ1n) is 6.26. The lowest BCUT2D eigenvalue weighted by atomic mass is 10.0.